The molecular weight excluding hydrogens is 668 g/mol. The highest BCUT2D eigenvalue weighted by atomic mass is 16.7. The molecular formula is C36H46N2O13. The van der Waals surface area contributed by atoms with Gasteiger partial charge in [0.2, 0.25) is 17.9 Å². The Labute approximate surface area is 296 Å². The normalized spacial score (nSPS) is 23.0. The van der Waals surface area contributed by atoms with Crippen LogP contribution in [0.3, 0.4) is 0 Å². The smallest absolute Gasteiger partial charge is 0.348 e. The molecule has 2 amide bonds. The van der Waals surface area contributed by atoms with Crippen molar-refractivity contribution < 1.29 is 62.3 Å². The number of carbonyl (C=O) groups is 6. The molecule has 5 atom stereocenters. The van der Waals surface area contributed by atoms with Crippen molar-refractivity contribution >= 4 is 41.8 Å². The highest BCUT2D eigenvalue weighted by molar-refractivity contribution is 5.95. The maximum Gasteiger partial charge on any atom is 0.348 e. The Bertz CT molecular complexity index is 1530. The fourth-order valence-electron chi connectivity index (χ4n) is 5.51. The molecule has 0 aromatic heterocycles. The maximum absolute atomic E-state index is 13.1. The molecule has 4 rings (SSSR count). The summed E-state index contributed by atoms with van der Waals surface area (Å²) in [4.78, 5) is 74.7. The molecule has 0 saturated carbocycles. The van der Waals surface area contributed by atoms with Crippen molar-refractivity contribution in [3.05, 3.63) is 53.1 Å². The van der Waals surface area contributed by atoms with Crippen LogP contribution in [-0.2, 0) is 52.4 Å². The summed E-state index contributed by atoms with van der Waals surface area (Å²) in [6.07, 6.45) is 1.37. The SMILES string of the molecule is CC(C)(C)OC(=O)CC[C@@H](CO)NC(=O)CCNC(=O)C1=C[C@H]2OCO[C@H]2[C@H](OC(=O)c2ccc(C=CC(=O)O[C@H]3C(=O)OCC3(C)C)cc2)C1. The average Bonchev–Trinajstić information content (AvgIpc) is 3.65. The van der Waals surface area contributed by atoms with Crippen LogP contribution in [0.25, 0.3) is 6.08 Å². The number of cyclic esters (lactones) is 1. The largest absolute Gasteiger partial charge is 0.462 e. The minimum absolute atomic E-state index is 0.00818. The summed E-state index contributed by atoms with van der Waals surface area (Å²) in [5, 5.41) is 15.0. The first-order valence-corrected chi connectivity index (χ1v) is 16.7. The summed E-state index contributed by atoms with van der Waals surface area (Å²) in [6, 6.07) is 5.59. The standard InChI is InChI=1S/C36H46N2O13/c1-35(2,3)51-29(42)13-11-24(18-39)38-27(40)14-15-37-32(43)23-16-25-30(48-20-47-25)26(17-23)49-33(44)22-9-6-21(7-10-22)8-12-28(41)50-31-34(45)46-19-36(31,4)5/h6-10,12,16,24-26,30-31,39H,11,13-15,17-20H2,1-5H3,(H,37,43)(H,38,40)/t24-,25+,26+,30+,31-/m0/s1. The molecule has 0 bridgehead atoms. The number of ether oxygens (including phenoxy) is 6. The van der Waals surface area contributed by atoms with Crippen LogP contribution in [-0.4, -0.2) is 103 Å². The quantitative estimate of drug-likeness (QED) is 0.143. The van der Waals surface area contributed by atoms with Crippen LogP contribution < -0.4 is 10.6 Å². The van der Waals surface area contributed by atoms with E-state index in [0.29, 0.717) is 11.1 Å². The van der Waals surface area contributed by atoms with Gasteiger partial charge in [0.05, 0.1) is 18.2 Å². The average molecular weight is 715 g/mol. The van der Waals surface area contributed by atoms with E-state index in [1.165, 1.54) is 24.3 Å². The van der Waals surface area contributed by atoms with Crippen molar-refractivity contribution in [2.45, 2.75) is 96.4 Å². The van der Waals surface area contributed by atoms with Crippen molar-refractivity contribution in [3.8, 4) is 0 Å². The number of benzene rings is 1. The van der Waals surface area contributed by atoms with Gasteiger partial charge >= 0.3 is 23.9 Å². The summed E-state index contributed by atoms with van der Waals surface area (Å²) in [7, 11) is 0. The molecule has 2 saturated heterocycles. The van der Waals surface area contributed by atoms with E-state index in [1.807, 2.05) is 0 Å². The molecule has 15 nitrogen and oxygen atoms in total. The first-order valence-electron chi connectivity index (χ1n) is 16.7. The molecule has 3 aliphatic rings. The molecule has 15 heteroatoms. The molecule has 2 fully saturated rings. The third-order valence-electron chi connectivity index (χ3n) is 8.19. The molecule has 2 heterocycles. The van der Waals surface area contributed by atoms with Crippen molar-refractivity contribution in [2.75, 3.05) is 26.6 Å². The minimum Gasteiger partial charge on any atom is -0.462 e. The molecule has 0 unspecified atom stereocenters. The summed E-state index contributed by atoms with van der Waals surface area (Å²) in [5.74, 6) is -3.28. The highest BCUT2D eigenvalue weighted by Crippen LogP contribution is 2.32. The zero-order valence-corrected chi connectivity index (χ0v) is 29.4. The van der Waals surface area contributed by atoms with Gasteiger partial charge in [-0.15, -0.1) is 0 Å². The van der Waals surface area contributed by atoms with E-state index >= 15 is 0 Å². The number of rotatable bonds is 14. The van der Waals surface area contributed by atoms with Crippen LogP contribution in [0.5, 0.6) is 0 Å². The Morgan fingerprint density at radius 3 is 2.43 bits per heavy atom. The zero-order chi connectivity index (χ0) is 37.3. The Kier molecular flexibility index (Phi) is 13.1. The summed E-state index contributed by atoms with van der Waals surface area (Å²) < 4.78 is 32.5. The monoisotopic (exact) mass is 714 g/mol. The second-order valence-corrected chi connectivity index (χ2v) is 14.2. The number of hydrogen-bond acceptors (Lipinski definition) is 13. The Morgan fingerprint density at radius 2 is 1.78 bits per heavy atom. The lowest BCUT2D eigenvalue weighted by Gasteiger charge is -2.30. The molecule has 1 aromatic carbocycles. The van der Waals surface area contributed by atoms with Gasteiger partial charge in [-0.3, -0.25) is 14.4 Å². The third-order valence-corrected chi connectivity index (χ3v) is 8.19. The lowest BCUT2D eigenvalue weighted by atomic mass is 9.90. The first-order chi connectivity index (χ1) is 24.0. The molecule has 51 heavy (non-hydrogen) atoms. The maximum atomic E-state index is 13.1. The minimum atomic E-state index is -0.997. The van der Waals surface area contributed by atoms with Gasteiger partial charge in [-0.1, -0.05) is 26.0 Å². The van der Waals surface area contributed by atoms with Crippen LogP contribution in [0.1, 0.15) is 76.2 Å². The van der Waals surface area contributed by atoms with Crippen LogP contribution in [0, 0.1) is 5.41 Å². The predicted octanol–water partition coefficient (Wildman–Crippen LogP) is 1.90. The Morgan fingerprint density at radius 1 is 1.06 bits per heavy atom. The zero-order valence-electron chi connectivity index (χ0n) is 29.4. The van der Waals surface area contributed by atoms with Gasteiger partial charge < -0.3 is 44.2 Å². The Hall–Kier alpha value is -4.60. The van der Waals surface area contributed by atoms with Gasteiger partial charge in [0.25, 0.3) is 0 Å². The number of amides is 2. The summed E-state index contributed by atoms with van der Waals surface area (Å²) in [5.41, 5.74) is -0.160. The number of fused-ring (bicyclic) bond motifs is 1. The first kappa shape index (κ1) is 39.2. The molecule has 278 valence electrons. The lowest BCUT2D eigenvalue weighted by Crippen LogP contribution is -2.44. The van der Waals surface area contributed by atoms with Gasteiger partial charge in [-0.2, -0.15) is 0 Å². The second kappa shape index (κ2) is 17.1. The number of nitrogens with one attached hydrogen (secondary N) is 2. The fourth-order valence-corrected chi connectivity index (χ4v) is 5.51. The molecule has 3 N–H and O–H groups in total. The van der Waals surface area contributed by atoms with E-state index in [9.17, 15) is 33.9 Å². The van der Waals surface area contributed by atoms with Gasteiger partial charge in [0, 0.05) is 42.9 Å². The van der Waals surface area contributed by atoms with E-state index < -0.39 is 77.2 Å². The van der Waals surface area contributed by atoms with Gasteiger partial charge in [0.1, 0.15) is 37.3 Å². The molecule has 1 aromatic rings. The van der Waals surface area contributed by atoms with Crippen molar-refractivity contribution in [2.24, 2.45) is 5.41 Å². The molecule has 2 aliphatic heterocycles. The number of carbonyl (C=O) groups excluding carboxylic acids is 6. The lowest BCUT2D eigenvalue weighted by molar-refractivity contribution is -0.159. The predicted molar refractivity (Wildman–Crippen MR) is 178 cm³/mol. The second-order valence-electron chi connectivity index (χ2n) is 14.2. The number of aliphatic hydroxyl groups excluding tert-OH is 1. The van der Waals surface area contributed by atoms with E-state index in [-0.39, 0.29) is 57.8 Å². The Balaban J connectivity index is 1.24. The van der Waals surface area contributed by atoms with Gasteiger partial charge in [-0.25, -0.2) is 14.4 Å². The third kappa shape index (κ3) is 11.5. The van der Waals surface area contributed by atoms with Crippen LogP contribution in [0.4, 0.5) is 0 Å². The van der Waals surface area contributed by atoms with Crippen molar-refractivity contribution in [3.63, 3.8) is 0 Å². The van der Waals surface area contributed by atoms with Crippen LogP contribution in [0.15, 0.2) is 42.0 Å². The van der Waals surface area contributed by atoms with Gasteiger partial charge in [0.15, 0.2) is 0 Å². The number of esters is 4. The fraction of sp³-hybridized carbons (Fsp3) is 0.556. The number of hydrogen-bond donors (Lipinski definition) is 3. The van der Waals surface area contributed by atoms with Crippen LogP contribution >= 0.6 is 0 Å². The van der Waals surface area contributed by atoms with Crippen LogP contribution in [0.2, 0.25) is 0 Å². The topological polar surface area (TPSA) is 202 Å². The van der Waals surface area contributed by atoms with Crippen molar-refractivity contribution in [1.29, 1.82) is 0 Å². The number of aliphatic hydroxyl groups is 1. The molecule has 1 aliphatic carbocycles. The summed E-state index contributed by atoms with van der Waals surface area (Å²) in [6.45, 7) is 8.52. The van der Waals surface area contributed by atoms with Crippen molar-refractivity contribution in [1.82, 2.24) is 10.6 Å². The van der Waals surface area contributed by atoms with E-state index in [4.69, 9.17) is 28.4 Å². The summed E-state index contributed by atoms with van der Waals surface area (Å²) >= 11 is 0. The molecule has 0 radical (unpaired) electrons. The van der Waals surface area contributed by atoms with Gasteiger partial charge in [-0.05, 0) is 57.0 Å². The van der Waals surface area contributed by atoms with E-state index in [2.05, 4.69) is 10.6 Å². The van der Waals surface area contributed by atoms with E-state index in [0.717, 1.165) is 0 Å². The van der Waals surface area contributed by atoms with E-state index in [1.54, 1.807) is 52.8 Å². The highest BCUT2D eigenvalue weighted by Gasteiger charge is 2.46. The molecule has 0 spiro atoms.